The van der Waals surface area contributed by atoms with Crippen LogP contribution in [-0.2, 0) is 9.59 Å². The summed E-state index contributed by atoms with van der Waals surface area (Å²) < 4.78 is 11.0. The number of dihydropyridines is 1. The number of hydrogen-bond acceptors (Lipinski definition) is 6. The molecule has 172 valence electrons. The van der Waals surface area contributed by atoms with E-state index in [0.717, 1.165) is 23.2 Å². The molecular formula is C26H29N3O4. The summed E-state index contributed by atoms with van der Waals surface area (Å²) in [6.45, 7) is 5.87. The maximum atomic E-state index is 13.6. The van der Waals surface area contributed by atoms with Crippen molar-refractivity contribution >= 4 is 17.5 Å². The molecule has 1 aromatic carbocycles. The van der Waals surface area contributed by atoms with E-state index in [1.807, 2.05) is 32.0 Å². The van der Waals surface area contributed by atoms with Gasteiger partial charge in [0.25, 0.3) is 5.91 Å². The number of methoxy groups -OCH3 is 2. The number of allylic oxidation sites excluding steroid dienone is 3. The minimum Gasteiger partial charge on any atom is -0.497 e. The van der Waals surface area contributed by atoms with Gasteiger partial charge < -0.3 is 20.1 Å². The predicted octanol–water partition coefficient (Wildman–Crippen LogP) is 4.26. The Morgan fingerprint density at radius 3 is 2.58 bits per heavy atom. The van der Waals surface area contributed by atoms with E-state index < -0.39 is 5.92 Å². The molecule has 7 heteroatoms. The molecule has 1 aromatic heterocycles. The lowest BCUT2D eigenvalue weighted by Crippen LogP contribution is -2.37. The van der Waals surface area contributed by atoms with Crippen LogP contribution in [-0.4, -0.2) is 30.9 Å². The molecule has 2 heterocycles. The van der Waals surface area contributed by atoms with E-state index in [2.05, 4.69) is 22.5 Å². The first-order chi connectivity index (χ1) is 15.8. The lowest BCUT2D eigenvalue weighted by molar-refractivity contribution is -0.117. The fourth-order valence-corrected chi connectivity index (χ4v) is 4.63. The highest BCUT2D eigenvalue weighted by Crippen LogP contribution is 2.46. The number of aromatic nitrogens is 1. The van der Waals surface area contributed by atoms with Gasteiger partial charge in [-0.1, -0.05) is 19.1 Å². The van der Waals surface area contributed by atoms with Crippen molar-refractivity contribution in [2.45, 2.75) is 39.5 Å². The molecular weight excluding hydrogens is 418 g/mol. The minimum absolute atomic E-state index is 0.0467. The number of ketones is 1. The zero-order valence-corrected chi connectivity index (χ0v) is 19.6. The Balaban J connectivity index is 1.84. The molecule has 0 saturated heterocycles. The molecule has 0 bridgehead atoms. The van der Waals surface area contributed by atoms with Gasteiger partial charge in [-0.3, -0.25) is 9.59 Å². The number of carbonyl (C=O) groups excluding carboxylic acids is 2. The average molecular weight is 448 g/mol. The standard InChI is InChI=1S/C26H29N3O4/c1-14-6-9-22(27-13-14)29-26(31)23-16(3)28-19-10-15(2)11-20(30)25(19)24(23)18-8-7-17(32-4)12-21(18)33-5/h6-9,12-13,15,24,28H,10-11H2,1-5H3,(H,27,29,31)/t15-,24-/m1/s1. The summed E-state index contributed by atoms with van der Waals surface area (Å²) in [5, 5.41) is 6.26. The van der Waals surface area contributed by atoms with E-state index in [-0.39, 0.29) is 17.6 Å². The van der Waals surface area contributed by atoms with E-state index in [0.29, 0.717) is 40.6 Å². The number of hydrogen-bond donors (Lipinski definition) is 2. The van der Waals surface area contributed by atoms with Crippen molar-refractivity contribution in [1.29, 1.82) is 0 Å². The molecule has 1 aliphatic heterocycles. The topological polar surface area (TPSA) is 89.5 Å². The second-order valence-electron chi connectivity index (χ2n) is 8.71. The van der Waals surface area contributed by atoms with Gasteiger partial charge in [-0.05, 0) is 43.9 Å². The first kappa shape index (κ1) is 22.6. The third-order valence-electron chi connectivity index (χ3n) is 6.18. The van der Waals surface area contributed by atoms with Gasteiger partial charge in [0.1, 0.15) is 17.3 Å². The number of benzene rings is 1. The second-order valence-corrected chi connectivity index (χ2v) is 8.71. The highest BCUT2D eigenvalue weighted by Gasteiger charge is 2.41. The van der Waals surface area contributed by atoms with Crippen LogP contribution in [0.3, 0.4) is 0 Å². The summed E-state index contributed by atoms with van der Waals surface area (Å²) in [5.41, 5.74) is 4.44. The van der Waals surface area contributed by atoms with Crippen molar-refractivity contribution in [2.24, 2.45) is 5.92 Å². The van der Waals surface area contributed by atoms with E-state index in [1.54, 1.807) is 32.5 Å². The Bertz CT molecular complexity index is 1160. The van der Waals surface area contributed by atoms with Crippen LogP contribution in [0.4, 0.5) is 5.82 Å². The molecule has 1 aliphatic carbocycles. The molecule has 0 radical (unpaired) electrons. The lowest BCUT2D eigenvalue weighted by Gasteiger charge is -2.36. The molecule has 2 N–H and O–H groups in total. The van der Waals surface area contributed by atoms with Gasteiger partial charge in [-0.2, -0.15) is 0 Å². The zero-order chi connectivity index (χ0) is 23.7. The monoisotopic (exact) mass is 447 g/mol. The Hall–Kier alpha value is -3.61. The van der Waals surface area contributed by atoms with Gasteiger partial charge in [0.15, 0.2) is 5.78 Å². The molecule has 0 saturated carbocycles. The van der Waals surface area contributed by atoms with E-state index in [1.165, 1.54) is 0 Å². The Morgan fingerprint density at radius 1 is 1.12 bits per heavy atom. The molecule has 1 amide bonds. The molecule has 2 aliphatic rings. The van der Waals surface area contributed by atoms with Gasteiger partial charge in [0.2, 0.25) is 0 Å². The molecule has 33 heavy (non-hydrogen) atoms. The summed E-state index contributed by atoms with van der Waals surface area (Å²) in [6, 6.07) is 9.12. The highest BCUT2D eigenvalue weighted by atomic mass is 16.5. The third-order valence-corrected chi connectivity index (χ3v) is 6.18. The summed E-state index contributed by atoms with van der Waals surface area (Å²) in [6.07, 6.45) is 2.90. The van der Waals surface area contributed by atoms with Gasteiger partial charge in [0, 0.05) is 46.8 Å². The number of pyridine rings is 1. The van der Waals surface area contributed by atoms with Crippen molar-refractivity contribution in [1.82, 2.24) is 10.3 Å². The van der Waals surface area contributed by atoms with Crippen molar-refractivity contribution in [2.75, 3.05) is 19.5 Å². The molecule has 0 fully saturated rings. The normalized spacial score (nSPS) is 20.2. The van der Waals surface area contributed by atoms with Crippen LogP contribution in [0, 0.1) is 12.8 Å². The number of nitrogens with zero attached hydrogens (tertiary/aromatic N) is 1. The van der Waals surface area contributed by atoms with Crippen LogP contribution < -0.4 is 20.1 Å². The second kappa shape index (κ2) is 9.10. The van der Waals surface area contributed by atoms with Gasteiger partial charge in [-0.25, -0.2) is 4.98 Å². The maximum Gasteiger partial charge on any atom is 0.255 e. The van der Waals surface area contributed by atoms with Crippen LogP contribution in [0.5, 0.6) is 11.5 Å². The molecule has 2 aromatic rings. The van der Waals surface area contributed by atoms with Crippen LogP contribution in [0.2, 0.25) is 0 Å². The van der Waals surface area contributed by atoms with Crippen LogP contribution in [0.1, 0.15) is 43.7 Å². The average Bonchev–Trinajstić information content (AvgIpc) is 2.78. The molecule has 0 spiro atoms. The number of amides is 1. The smallest absolute Gasteiger partial charge is 0.255 e. The lowest BCUT2D eigenvalue weighted by atomic mass is 9.73. The van der Waals surface area contributed by atoms with Crippen LogP contribution in [0.25, 0.3) is 0 Å². The number of anilines is 1. The molecule has 2 atom stereocenters. The van der Waals surface area contributed by atoms with Crippen molar-refractivity contribution in [3.05, 3.63) is 70.2 Å². The first-order valence-electron chi connectivity index (χ1n) is 11.0. The molecule has 7 nitrogen and oxygen atoms in total. The predicted molar refractivity (Wildman–Crippen MR) is 126 cm³/mol. The number of rotatable bonds is 5. The van der Waals surface area contributed by atoms with Crippen LogP contribution >= 0.6 is 0 Å². The largest absolute Gasteiger partial charge is 0.497 e. The Morgan fingerprint density at radius 2 is 1.91 bits per heavy atom. The van der Waals surface area contributed by atoms with Crippen LogP contribution in [0.15, 0.2) is 59.1 Å². The fraction of sp³-hybridized carbons (Fsp3) is 0.346. The number of Topliss-reactive ketones (excluding diaryl/α,β-unsaturated/α-hetero) is 1. The minimum atomic E-state index is -0.562. The van der Waals surface area contributed by atoms with Gasteiger partial charge in [0.05, 0.1) is 20.1 Å². The number of carbonyl (C=O) groups is 2. The Kier molecular flexibility index (Phi) is 6.22. The van der Waals surface area contributed by atoms with Gasteiger partial charge >= 0.3 is 0 Å². The van der Waals surface area contributed by atoms with Crippen molar-refractivity contribution in [3.63, 3.8) is 0 Å². The first-order valence-corrected chi connectivity index (χ1v) is 11.0. The maximum absolute atomic E-state index is 13.6. The SMILES string of the molecule is COc1ccc([C@@H]2C(C(=O)Nc3ccc(C)cn3)=C(C)NC3=C2C(=O)C[C@H](C)C3)c(OC)c1. The summed E-state index contributed by atoms with van der Waals surface area (Å²) in [7, 11) is 3.16. The molecule has 0 unspecified atom stereocenters. The summed E-state index contributed by atoms with van der Waals surface area (Å²) in [5.74, 6) is 1.07. The van der Waals surface area contributed by atoms with E-state index in [4.69, 9.17) is 9.47 Å². The summed E-state index contributed by atoms with van der Waals surface area (Å²) >= 11 is 0. The van der Waals surface area contributed by atoms with Gasteiger partial charge in [-0.15, -0.1) is 0 Å². The zero-order valence-electron chi connectivity index (χ0n) is 19.6. The number of nitrogens with one attached hydrogen (secondary N) is 2. The highest BCUT2D eigenvalue weighted by molar-refractivity contribution is 6.09. The quantitative estimate of drug-likeness (QED) is 0.712. The fourth-order valence-electron chi connectivity index (χ4n) is 4.63. The molecule has 4 rings (SSSR count). The van der Waals surface area contributed by atoms with Crippen molar-refractivity contribution in [3.8, 4) is 11.5 Å². The van der Waals surface area contributed by atoms with E-state index >= 15 is 0 Å². The number of aryl methyl sites for hydroxylation is 1. The van der Waals surface area contributed by atoms with E-state index in [9.17, 15) is 9.59 Å². The number of ether oxygens (including phenoxy) is 2. The third kappa shape index (κ3) is 4.35. The van der Waals surface area contributed by atoms with Crippen molar-refractivity contribution < 1.29 is 19.1 Å². The Labute approximate surface area is 193 Å². The summed E-state index contributed by atoms with van der Waals surface area (Å²) in [4.78, 5) is 31.2.